The van der Waals surface area contributed by atoms with Gasteiger partial charge < -0.3 is 15.4 Å². The summed E-state index contributed by atoms with van der Waals surface area (Å²) in [5.41, 5.74) is 7.94. The first-order valence-electron chi connectivity index (χ1n) is 5.71. The van der Waals surface area contributed by atoms with E-state index in [1.165, 1.54) is 0 Å². The number of benzene rings is 1. The van der Waals surface area contributed by atoms with Gasteiger partial charge in [-0.25, -0.2) is 0 Å². The van der Waals surface area contributed by atoms with E-state index in [2.05, 4.69) is 0 Å². The Labute approximate surface area is 102 Å². The summed E-state index contributed by atoms with van der Waals surface area (Å²) >= 11 is 0. The molecule has 3 N–H and O–H groups in total. The summed E-state index contributed by atoms with van der Waals surface area (Å²) in [4.78, 5) is 0. The highest BCUT2D eigenvalue weighted by Gasteiger charge is 2.17. The van der Waals surface area contributed by atoms with Crippen LogP contribution in [0.3, 0.4) is 0 Å². The van der Waals surface area contributed by atoms with E-state index in [0.717, 1.165) is 16.8 Å². The Hall–Kier alpha value is -1.58. The van der Waals surface area contributed by atoms with Gasteiger partial charge >= 0.3 is 0 Å². The van der Waals surface area contributed by atoms with Gasteiger partial charge in [0.25, 0.3) is 0 Å². The van der Waals surface area contributed by atoms with Crippen LogP contribution in [0.5, 0.6) is 0 Å². The fourth-order valence-corrected chi connectivity index (χ4v) is 1.84. The predicted molar refractivity (Wildman–Crippen MR) is 68.9 cm³/mol. The summed E-state index contributed by atoms with van der Waals surface area (Å²) < 4.78 is 2.00. The van der Waals surface area contributed by atoms with Gasteiger partial charge in [0.2, 0.25) is 0 Å². The molecule has 0 aliphatic rings. The third-order valence-electron chi connectivity index (χ3n) is 2.89. The SMILES string of the molecule is CC(C)(O)c1ccn(-c2ccccc2CN)c1. The quantitative estimate of drug-likeness (QED) is 0.849. The first-order chi connectivity index (χ1) is 8.02. The van der Waals surface area contributed by atoms with Gasteiger partial charge in [-0.2, -0.15) is 0 Å². The summed E-state index contributed by atoms with van der Waals surface area (Å²) in [5, 5.41) is 9.94. The molecular weight excluding hydrogens is 212 g/mol. The van der Waals surface area contributed by atoms with Crippen LogP contribution in [-0.2, 0) is 12.1 Å². The molecule has 0 aliphatic heterocycles. The maximum atomic E-state index is 9.94. The van der Waals surface area contributed by atoms with E-state index in [1.54, 1.807) is 13.8 Å². The molecular formula is C14H18N2O. The van der Waals surface area contributed by atoms with Crippen molar-refractivity contribution in [3.05, 3.63) is 53.9 Å². The van der Waals surface area contributed by atoms with Gasteiger partial charge in [-0.15, -0.1) is 0 Å². The van der Waals surface area contributed by atoms with Crippen molar-refractivity contribution in [2.45, 2.75) is 26.0 Å². The van der Waals surface area contributed by atoms with E-state index in [4.69, 9.17) is 5.73 Å². The van der Waals surface area contributed by atoms with E-state index in [1.807, 2.05) is 47.3 Å². The fraction of sp³-hybridized carbons (Fsp3) is 0.286. The minimum atomic E-state index is -0.817. The molecule has 2 aromatic rings. The molecule has 0 unspecified atom stereocenters. The molecule has 0 saturated heterocycles. The van der Waals surface area contributed by atoms with E-state index in [9.17, 15) is 5.11 Å². The van der Waals surface area contributed by atoms with Crippen LogP contribution < -0.4 is 5.73 Å². The highest BCUT2D eigenvalue weighted by Crippen LogP contribution is 2.22. The minimum Gasteiger partial charge on any atom is -0.386 e. The summed E-state index contributed by atoms with van der Waals surface area (Å²) in [7, 11) is 0. The lowest BCUT2D eigenvalue weighted by Crippen LogP contribution is -2.14. The Kier molecular flexibility index (Phi) is 3.05. The van der Waals surface area contributed by atoms with E-state index < -0.39 is 5.60 Å². The van der Waals surface area contributed by atoms with Crippen LogP contribution in [0.1, 0.15) is 25.0 Å². The summed E-state index contributed by atoms with van der Waals surface area (Å²) in [6.45, 7) is 4.06. The zero-order chi connectivity index (χ0) is 12.5. The summed E-state index contributed by atoms with van der Waals surface area (Å²) in [5.74, 6) is 0. The summed E-state index contributed by atoms with van der Waals surface area (Å²) in [6, 6.07) is 9.92. The second kappa shape index (κ2) is 4.35. The normalized spacial score (nSPS) is 11.8. The van der Waals surface area contributed by atoms with Crippen molar-refractivity contribution in [2.24, 2.45) is 5.73 Å². The van der Waals surface area contributed by atoms with E-state index >= 15 is 0 Å². The molecule has 0 fully saturated rings. The van der Waals surface area contributed by atoms with Gasteiger partial charge in [-0.1, -0.05) is 18.2 Å². The molecule has 0 spiro atoms. The molecule has 3 nitrogen and oxygen atoms in total. The second-order valence-electron chi connectivity index (χ2n) is 4.70. The number of nitrogens with zero attached hydrogens (tertiary/aromatic N) is 1. The average Bonchev–Trinajstić information content (AvgIpc) is 2.77. The van der Waals surface area contributed by atoms with Crippen molar-refractivity contribution < 1.29 is 5.11 Å². The van der Waals surface area contributed by atoms with Crippen molar-refractivity contribution in [1.29, 1.82) is 0 Å². The topological polar surface area (TPSA) is 51.2 Å². The van der Waals surface area contributed by atoms with Crippen molar-refractivity contribution in [1.82, 2.24) is 4.57 Å². The maximum absolute atomic E-state index is 9.94. The van der Waals surface area contributed by atoms with Crippen molar-refractivity contribution >= 4 is 0 Å². The molecule has 17 heavy (non-hydrogen) atoms. The molecule has 0 amide bonds. The minimum absolute atomic E-state index is 0.506. The Morgan fingerprint density at radius 3 is 2.53 bits per heavy atom. The lowest BCUT2D eigenvalue weighted by atomic mass is 10.0. The third kappa shape index (κ3) is 2.40. The number of hydrogen-bond donors (Lipinski definition) is 2. The molecule has 0 aliphatic carbocycles. The number of nitrogens with two attached hydrogens (primary N) is 1. The Balaban J connectivity index is 2.44. The van der Waals surface area contributed by atoms with Crippen LogP contribution in [0, 0.1) is 0 Å². The Bertz CT molecular complexity index is 509. The van der Waals surface area contributed by atoms with E-state index in [-0.39, 0.29) is 0 Å². The number of aliphatic hydroxyl groups is 1. The van der Waals surface area contributed by atoms with Crippen LogP contribution in [0.4, 0.5) is 0 Å². The van der Waals surface area contributed by atoms with E-state index in [0.29, 0.717) is 6.54 Å². The monoisotopic (exact) mass is 230 g/mol. The standard InChI is InChI=1S/C14H18N2O/c1-14(2,17)12-7-8-16(10-12)13-6-4-3-5-11(13)9-15/h3-8,10,17H,9,15H2,1-2H3. The Morgan fingerprint density at radius 1 is 1.24 bits per heavy atom. The lowest BCUT2D eigenvalue weighted by Gasteiger charge is -2.15. The molecule has 0 atom stereocenters. The van der Waals surface area contributed by atoms with Crippen LogP contribution in [0.2, 0.25) is 0 Å². The highest BCUT2D eigenvalue weighted by atomic mass is 16.3. The van der Waals surface area contributed by atoms with Gasteiger partial charge in [0.15, 0.2) is 0 Å². The number of hydrogen-bond acceptors (Lipinski definition) is 2. The molecule has 90 valence electrons. The van der Waals surface area contributed by atoms with Crippen LogP contribution >= 0.6 is 0 Å². The number of aromatic nitrogens is 1. The molecule has 1 aromatic heterocycles. The van der Waals surface area contributed by atoms with Gasteiger partial charge in [0.05, 0.1) is 5.60 Å². The van der Waals surface area contributed by atoms with Gasteiger partial charge in [0.1, 0.15) is 0 Å². The molecule has 2 rings (SSSR count). The van der Waals surface area contributed by atoms with Gasteiger partial charge in [-0.05, 0) is 31.5 Å². The zero-order valence-electron chi connectivity index (χ0n) is 10.2. The van der Waals surface area contributed by atoms with Crippen molar-refractivity contribution in [2.75, 3.05) is 0 Å². The van der Waals surface area contributed by atoms with Gasteiger partial charge in [0, 0.05) is 30.2 Å². The number of rotatable bonds is 3. The third-order valence-corrected chi connectivity index (χ3v) is 2.89. The number of para-hydroxylation sites is 1. The molecule has 3 heteroatoms. The first kappa shape index (κ1) is 11.9. The van der Waals surface area contributed by atoms with Crippen LogP contribution in [-0.4, -0.2) is 9.67 Å². The first-order valence-corrected chi connectivity index (χ1v) is 5.71. The lowest BCUT2D eigenvalue weighted by molar-refractivity contribution is 0.0787. The van der Waals surface area contributed by atoms with Crippen LogP contribution in [0.15, 0.2) is 42.7 Å². The zero-order valence-corrected chi connectivity index (χ0v) is 10.2. The molecule has 0 bridgehead atoms. The largest absolute Gasteiger partial charge is 0.386 e. The molecule has 1 aromatic carbocycles. The highest BCUT2D eigenvalue weighted by molar-refractivity contribution is 5.42. The fourth-order valence-electron chi connectivity index (χ4n) is 1.84. The van der Waals surface area contributed by atoms with Gasteiger partial charge in [-0.3, -0.25) is 0 Å². The molecule has 0 saturated carbocycles. The maximum Gasteiger partial charge on any atom is 0.0855 e. The van der Waals surface area contributed by atoms with Crippen molar-refractivity contribution in [3.63, 3.8) is 0 Å². The van der Waals surface area contributed by atoms with Crippen molar-refractivity contribution in [3.8, 4) is 5.69 Å². The predicted octanol–water partition coefficient (Wildman–Crippen LogP) is 2.16. The smallest absolute Gasteiger partial charge is 0.0855 e. The second-order valence-corrected chi connectivity index (χ2v) is 4.70. The Morgan fingerprint density at radius 2 is 1.94 bits per heavy atom. The average molecular weight is 230 g/mol. The van der Waals surface area contributed by atoms with Crippen LogP contribution in [0.25, 0.3) is 5.69 Å². The summed E-state index contributed by atoms with van der Waals surface area (Å²) in [6.07, 6.45) is 3.89. The molecule has 1 heterocycles. The molecule has 0 radical (unpaired) electrons.